The zero-order valence-corrected chi connectivity index (χ0v) is 24.5. The Bertz CT molecular complexity index is 1150. The van der Waals surface area contributed by atoms with E-state index in [1.165, 1.54) is 9.21 Å². The molecule has 0 aliphatic carbocycles. The number of carbonyl (C=O) groups excluding carboxylic acids is 2. The molecule has 0 saturated carbocycles. The number of hydrogen-bond acceptors (Lipinski definition) is 4. The molecule has 0 aromatic heterocycles. The first-order chi connectivity index (χ1) is 17.4. The highest BCUT2D eigenvalue weighted by Gasteiger charge is 2.28. The quantitative estimate of drug-likeness (QED) is 0.348. The van der Waals surface area contributed by atoms with Crippen molar-refractivity contribution >= 4 is 50.7 Å². The van der Waals surface area contributed by atoms with E-state index in [0.29, 0.717) is 21.3 Å². The van der Waals surface area contributed by atoms with Gasteiger partial charge in [0.05, 0.1) is 11.9 Å². The molecule has 0 aliphatic rings. The number of anilines is 1. The molecule has 0 fully saturated rings. The summed E-state index contributed by atoms with van der Waals surface area (Å²) < 4.78 is 26.3. The van der Waals surface area contributed by atoms with Gasteiger partial charge in [0.15, 0.2) is 0 Å². The molecular weight excluding hydrogens is 533 g/mol. The van der Waals surface area contributed by atoms with E-state index < -0.39 is 16.1 Å². The number of rotatable bonds is 13. The van der Waals surface area contributed by atoms with E-state index in [2.05, 4.69) is 5.32 Å². The van der Waals surface area contributed by atoms with Crippen molar-refractivity contribution in [2.24, 2.45) is 0 Å². The van der Waals surface area contributed by atoms with Gasteiger partial charge in [-0.15, -0.1) is 0 Å². The summed E-state index contributed by atoms with van der Waals surface area (Å²) in [4.78, 5) is 27.8. The molecule has 10 heteroatoms. The third kappa shape index (κ3) is 8.90. The third-order valence-corrected chi connectivity index (χ3v) is 8.25. The fourth-order valence-corrected chi connectivity index (χ4v) is 5.29. The number of halogens is 2. The van der Waals surface area contributed by atoms with E-state index in [0.717, 1.165) is 24.7 Å². The maximum Gasteiger partial charge on any atom is 0.242 e. The Labute approximate surface area is 231 Å². The lowest BCUT2D eigenvalue weighted by Gasteiger charge is -2.30. The van der Waals surface area contributed by atoms with E-state index in [-0.39, 0.29) is 43.8 Å². The van der Waals surface area contributed by atoms with Crippen LogP contribution in [0.15, 0.2) is 42.5 Å². The van der Waals surface area contributed by atoms with Crippen LogP contribution in [0.25, 0.3) is 0 Å². The average molecular weight is 571 g/mol. The zero-order valence-electron chi connectivity index (χ0n) is 22.1. The van der Waals surface area contributed by atoms with Gasteiger partial charge in [0.1, 0.15) is 6.04 Å². The molecule has 2 aromatic rings. The average Bonchev–Trinajstić information content (AvgIpc) is 2.85. The Morgan fingerprint density at radius 1 is 1.00 bits per heavy atom. The summed E-state index contributed by atoms with van der Waals surface area (Å²) in [5.41, 5.74) is 2.20. The SMILES string of the molecule is CCc1ccc(N(CCCC(=O)N(Cc2c(Cl)cccc2Cl)[C@@H](C)C(=O)N[C@@H](C)CC)S(C)(=O)=O)cc1. The Kier molecular flexibility index (Phi) is 11.7. The number of sulfonamides is 1. The monoisotopic (exact) mass is 569 g/mol. The van der Waals surface area contributed by atoms with Crippen molar-refractivity contribution in [3.8, 4) is 0 Å². The summed E-state index contributed by atoms with van der Waals surface area (Å²) >= 11 is 12.7. The van der Waals surface area contributed by atoms with E-state index in [1.807, 2.05) is 32.9 Å². The van der Waals surface area contributed by atoms with Crippen LogP contribution in [-0.2, 0) is 32.6 Å². The molecule has 7 nitrogen and oxygen atoms in total. The highest BCUT2D eigenvalue weighted by molar-refractivity contribution is 7.92. The van der Waals surface area contributed by atoms with Crippen molar-refractivity contribution < 1.29 is 18.0 Å². The standard InChI is InChI=1S/C27H37Cl2N3O4S/c1-6-19(3)30-27(34)20(4)31(18-23-24(28)10-8-11-25(23)29)26(33)12-9-17-32(37(5,35)36)22-15-13-21(7-2)14-16-22/h8,10-11,13-16,19-20H,6-7,9,12,17-18H2,1-5H3,(H,30,34)/t19-,20-/m0/s1. The van der Waals surface area contributed by atoms with Crippen LogP contribution in [-0.4, -0.2) is 50.0 Å². The second-order valence-corrected chi connectivity index (χ2v) is 11.9. The van der Waals surface area contributed by atoms with Gasteiger partial charge in [-0.3, -0.25) is 13.9 Å². The van der Waals surface area contributed by atoms with E-state index >= 15 is 0 Å². The lowest BCUT2D eigenvalue weighted by atomic mass is 10.1. The molecule has 2 rings (SSSR count). The van der Waals surface area contributed by atoms with Crippen LogP contribution in [0.5, 0.6) is 0 Å². The summed E-state index contributed by atoms with van der Waals surface area (Å²) in [6, 6.07) is 11.6. The predicted molar refractivity (Wildman–Crippen MR) is 152 cm³/mol. The van der Waals surface area contributed by atoms with Crippen molar-refractivity contribution in [3.05, 3.63) is 63.6 Å². The molecule has 0 unspecified atom stereocenters. The van der Waals surface area contributed by atoms with Gasteiger partial charge in [-0.2, -0.15) is 0 Å². The minimum atomic E-state index is -3.55. The van der Waals surface area contributed by atoms with Crippen LogP contribution in [0.1, 0.15) is 58.1 Å². The molecule has 204 valence electrons. The molecule has 0 heterocycles. The second kappa shape index (κ2) is 14.0. The Balaban J connectivity index is 2.22. The number of nitrogens with one attached hydrogen (secondary N) is 1. The fraction of sp³-hybridized carbons (Fsp3) is 0.481. The lowest BCUT2D eigenvalue weighted by Crippen LogP contribution is -2.49. The zero-order chi connectivity index (χ0) is 27.8. The van der Waals surface area contributed by atoms with E-state index in [1.54, 1.807) is 37.3 Å². The summed E-state index contributed by atoms with van der Waals surface area (Å²) in [6.07, 6.45) is 3.07. The van der Waals surface area contributed by atoms with Gasteiger partial charge in [0.25, 0.3) is 0 Å². The number of aryl methyl sites for hydroxylation is 1. The van der Waals surface area contributed by atoms with E-state index in [4.69, 9.17) is 23.2 Å². The number of amides is 2. The third-order valence-electron chi connectivity index (χ3n) is 6.34. The van der Waals surface area contributed by atoms with Gasteiger partial charge >= 0.3 is 0 Å². The topological polar surface area (TPSA) is 86.8 Å². The molecule has 1 N–H and O–H groups in total. The molecule has 2 aromatic carbocycles. The van der Waals surface area contributed by atoms with Gasteiger partial charge < -0.3 is 10.2 Å². The van der Waals surface area contributed by atoms with Crippen molar-refractivity contribution in [3.63, 3.8) is 0 Å². The fourth-order valence-electron chi connectivity index (χ4n) is 3.80. The predicted octanol–water partition coefficient (Wildman–Crippen LogP) is 5.43. The summed E-state index contributed by atoms with van der Waals surface area (Å²) in [5, 5.41) is 3.72. The van der Waals surface area contributed by atoms with Gasteiger partial charge in [-0.05, 0) is 62.9 Å². The van der Waals surface area contributed by atoms with Crippen LogP contribution in [0, 0.1) is 0 Å². The first kappa shape index (κ1) is 30.9. The molecule has 0 spiro atoms. The van der Waals surface area contributed by atoms with Gasteiger partial charge in [-0.25, -0.2) is 8.42 Å². The maximum atomic E-state index is 13.4. The highest BCUT2D eigenvalue weighted by Crippen LogP contribution is 2.27. The molecule has 0 aliphatic heterocycles. The normalized spacial score (nSPS) is 13.1. The summed E-state index contributed by atoms with van der Waals surface area (Å²) in [5.74, 6) is -0.572. The van der Waals surface area contributed by atoms with Crippen molar-refractivity contribution in [1.29, 1.82) is 0 Å². The first-order valence-electron chi connectivity index (χ1n) is 12.5. The summed E-state index contributed by atoms with van der Waals surface area (Å²) in [6.45, 7) is 7.74. The van der Waals surface area contributed by atoms with Crippen molar-refractivity contribution in [2.45, 2.75) is 72.0 Å². The van der Waals surface area contributed by atoms with Crippen LogP contribution >= 0.6 is 23.2 Å². The number of carbonyl (C=O) groups is 2. The molecule has 0 saturated heterocycles. The Morgan fingerprint density at radius 2 is 1.59 bits per heavy atom. The molecule has 0 radical (unpaired) electrons. The van der Waals surface area contributed by atoms with E-state index in [9.17, 15) is 18.0 Å². The Hall–Kier alpha value is -2.29. The molecular formula is C27H37Cl2N3O4S. The van der Waals surface area contributed by atoms with Crippen LogP contribution in [0.3, 0.4) is 0 Å². The second-order valence-electron chi connectivity index (χ2n) is 9.17. The molecule has 37 heavy (non-hydrogen) atoms. The maximum absolute atomic E-state index is 13.4. The smallest absolute Gasteiger partial charge is 0.242 e. The molecule has 0 bridgehead atoms. The van der Waals surface area contributed by atoms with Crippen LogP contribution in [0.2, 0.25) is 10.0 Å². The molecule has 2 amide bonds. The number of nitrogens with zero attached hydrogens (tertiary/aromatic N) is 2. The number of benzene rings is 2. The van der Waals surface area contributed by atoms with Gasteiger partial charge in [0.2, 0.25) is 21.8 Å². The summed E-state index contributed by atoms with van der Waals surface area (Å²) in [7, 11) is -3.55. The van der Waals surface area contributed by atoms with Crippen molar-refractivity contribution in [2.75, 3.05) is 17.1 Å². The first-order valence-corrected chi connectivity index (χ1v) is 15.1. The van der Waals surface area contributed by atoms with Gasteiger partial charge in [0, 0.05) is 41.2 Å². The molecule has 2 atom stereocenters. The Morgan fingerprint density at radius 3 is 2.11 bits per heavy atom. The highest BCUT2D eigenvalue weighted by atomic mass is 35.5. The lowest BCUT2D eigenvalue weighted by molar-refractivity contribution is -0.140. The number of hydrogen-bond donors (Lipinski definition) is 1. The van der Waals surface area contributed by atoms with Crippen molar-refractivity contribution in [1.82, 2.24) is 10.2 Å². The van der Waals surface area contributed by atoms with Crippen LogP contribution in [0.4, 0.5) is 5.69 Å². The largest absolute Gasteiger partial charge is 0.352 e. The van der Waals surface area contributed by atoms with Crippen LogP contribution < -0.4 is 9.62 Å². The minimum absolute atomic E-state index is 0.0433. The minimum Gasteiger partial charge on any atom is -0.352 e. The van der Waals surface area contributed by atoms with Gasteiger partial charge in [-0.1, -0.05) is 55.2 Å².